The highest BCUT2D eigenvalue weighted by atomic mass is 16.4. The summed E-state index contributed by atoms with van der Waals surface area (Å²) in [5.74, 6) is -0.913. The van der Waals surface area contributed by atoms with Gasteiger partial charge in [-0.25, -0.2) is 4.79 Å². The van der Waals surface area contributed by atoms with E-state index in [1.165, 1.54) is 0 Å². The molecule has 0 unspecified atom stereocenters. The van der Waals surface area contributed by atoms with Crippen LogP contribution in [0.5, 0.6) is 0 Å². The lowest BCUT2D eigenvalue weighted by Gasteiger charge is -2.26. The number of para-hydroxylation sites is 1. The summed E-state index contributed by atoms with van der Waals surface area (Å²) in [6.45, 7) is 0. The van der Waals surface area contributed by atoms with Crippen LogP contribution in [-0.2, 0) is 11.2 Å². The molecular formula is C13H16N2O3. The second kappa shape index (κ2) is 5.53. The van der Waals surface area contributed by atoms with Crippen LogP contribution in [-0.4, -0.2) is 23.1 Å². The highest BCUT2D eigenvalue weighted by molar-refractivity contribution is 5.91. The number of aliphatic carboxylic acids is 1. The topological polar surface area (TPSA) is 78.4 Å². The van der Waals surface area contributed by atoms with E-state index in [4.69, 9.17) is 5.11 Å². The maximum atomic E-state index is 11.7. The van der Waals surface area contributed by atoms with Crippen molar-refractivity contribution in [2.24, 2.45) is 0 Å². The third kappa shape index (κ3) is 3.23. The maximum absolute atomic E-state index is 11.7. The first-order valence-corrected chi connectivity index (χ1v) is 6.02. The first kappa shape index (κ1) is 12.4. The molecule has 0 saturated heterocycles. The van der Waals surface area contributed by atoms with Gasteiger partial charge in [0.1, 0.15) is 0 Å². The third-order valence-electron chi connectivity index (χ3n) is 3.05. The number of urea groups is 1. The highest BCUT2D eigenvalue weighted by Crippen LogP contribution is 2.19. The van der Waals surface area contributed by atoms with Crippen molar-refractivity contribution in [3.05, 3.63) is 29.8 Å². The summed E-state index contributed by atoms with van der Waals surface area (Å²) in [5, 5.41) is 14.3. The standard InChI is InChI=1S/C13H16N2O3/c16-12(17)8-9-4-1-2-7-11(9)15-13(18)14-10-5-3-6-10/h1-2,4,7,10H,3,5-6,8H2,(H,16,17)(H2,14,15,18). The summed E-state index contributed by atoms with van der Waals surface area (Å²) in [7, 11) is 0. The molecule has 0 heterocycles. The Morgan fingerprint density at radius 3 is 2.61 bits per heavy atom. The average molecular weight is 248 g/mol. The van der Waals surface area contributed by atoms with Gasteiger partial charge < -0.3 is 15.7 Å². The van der Waals surface area contributed by atoms with Gasteiger partial charge in [0.05, 0.1) is 6.42 Å². The molecule has 0 atom stereocenters. The van der Waals surface area contributed by atoms with Crippen LogP contribution in [0.15, 0.2) is 24.3 Å². The SMILES string of the molecule is O=C(O)Cc1ccccc1NC(=O)NC1CCC1. The number of rotatable bonds is 4. The van der Waals surface area contributed by atoms with Crippen LogP contribution in [0.3, 0.4) is 0 Å². The van der Waals surface area contributed by atoms with Crippen molar-refractivity contribution in [1.82, 2.24) is 5.32 Å². The second-order valence-electron chi connectivity index (χ2n) is 4.45. The molecule has 0 radical (unpaired) electrons. The number of nitrogens with one attached hydrogen (secondary N) is 2. The fourth-order valence-electron chi connectivity index (χ4n) is 1.86. The van der Waals surface area contributed by atoms with Gasteiger partial charge in [-0.3, -0.25) is 4.79 Å². The van der Waals surface area contributed by atoms with Gasteiger partial charge in [0.25, 0.3) is 0 Å². The van der Waals surface area contributed by atoms with E-state index >= 15 is 0 Å². The Morgan fingerprint density at radius 1 is 1.28 bits per heavy atom. The van der Waals surface area contributed by atoms with E-state index in [0.29, 0.717) is 11.3 Å². The lowest BCUT2D eigenvalue weighted by atomic mass is 9.93. The fraction of sp³-hybridized carbons (Fsp3) is 0.385. The first-order chi connectivity index (χ1) is 8.65. The van der Waals surface area contributed by atoms with Gasteiger partial charge in [-0.15, -0.1) is 0 Å². The van der Waals surface area contributed by atoms with E-state index < -0.39 is 5.97 Å². The van der Waals surface area contributed by atoms with Crippen molar-refractivity contribution in [2.45, 2.75) is 31.7 Å². The largest absolute Gasteiger partial charge is 0.481 e. The molecule has 18 heavy (non-hydrogen) atoms. The Labute approximate surface area is 105 Å². The minimum atomic E-state index is -0.913. The number of hydrogen-bond donors (Lipinski definition) is 3. The van der Waals surface area contributed by atoms with Crippen LogP contribution < -0.4 is 10.6 Å². The van der Waals surface area contributed by atoms with Crippen molar-refractivity contribution < 1.29 is 14.7 Å². The van der Waals surface area contributed by atoms with Crippen LogP contribution >= 0.6 is 0 Å². The molecule has 5 heteroatoms. The van der Waals surface area contributed by atoms with Gasteiger partial charge >= 0.3 is 12.0 Å². The van der Waals surface area contributed by atoms with Crippen LogP contribution in [0, 0.1) is 0 Å². The number of carboxylic acid groups (broad SMARTS) is 1. The first-order valence-electron chi connectivity index (χ1n) is 6.02. The van der Waals surface area contributed by atoms with E-state index in [1.54, 1.807) is 24.3 Å². The predicted octanol–water partition coefficient (Wildman–Crippen LogP) is 1.99. The van der Waals surface area contributed by atoms with Crippen molar-refractivity contribution in [3.63, 3.8) is 0 Å². The monoisotopic (exact) mass is 248 g/mol. The van der Waals surface area contributed by atoms with Crippen LogP contribution in [0.1, 0.15) is 24.8 Å². The summed E-state index contributed by atoms with van der Waals surface area (Å²) < 4.78 is 0. The average Bonchev–Trinajstić information content (AvgIpc) is 2.26. The number of hydrogen-bond acceptors (Lipinski definition) is 2. The van der Waals surface area contributed by atoms with Gasteiger partial charge in [0, 0.05) is 11.7 Å². The Morgan fingerprint density at radius 2 is 2.00 bits per heavy atom. The van der Waals surface area contributed by atoms with Gasteiger partial charge in [-0.1, -0.05) is 18.2 Å². The molecule has 1 aromatic rings. The summed E-state index contributed by atoms with van der Waals surface area (Å²) in [4.78, 5) is 22.4. The summed E-state index contributed by atoms with van der Waals surface area (Å²) >= 11 is 0. The number of amides is 2. The van der Waals surface area contributed by atoms with Crippen molar-refractivity contribution >= 4 is 17.7 Å². The van der Waals surface area contributed by atoms with Crippen LogP contribution in [0.2, 0.25) is 0 Å². The van der Waals surface area contributed by atoms with Gasteiger partial charge in [-0.05, 0) is 30.9 Å². The minimum Gasteiger partial charge on any atom is -0.481 e. The molecular weight excluding hydrogens is 232 g/mol. The second-order valence-corrected chi connectivity index (χ2v) is 4.45. The normalized spacial score (nSPS) is 14.7. The Kier molecular flexibility index (Phi) is 3.82. The zero-order valence-corrected chi connectivity index (χ0v) is 9.98. The summed E-state index contributed by atoms with van der Waals surface area (Å²) in [5.41, 5.74) is 1.16. The zero-order valence-electron chi connectivity index (χ0n) is 9.98. The van der Waals surface area contributed by atoms with Crippen molar-refractivity contribution in [2.75, 3.05) is 5.32 Å². The van der Waals surface area contributed by atoms with E-state index in [0.717, 1.165) is 19.3 Å². The number of anilines is 1. The van der Waals surface area contributed by atoms with Crippen molar-refractivity contribution in [3.8, 4) is 0 Å². The third-order valence-corrected chi connectivity index (χ3v) is 3.05. The molecule has 1 aromatic carbocycles. The predicted molar refractivity (Wildman–Crippen MR) is 67.6 cm³/mol. The Bertz CT molecular complexity index is 455. The van der Waals surface area contributed by atoms with E-state index in [2.05, 4.69) is 10.6 Å². The number of carboxylic acids is 1. The summed E-state index contributed by atoms with van der Waals surface area (Å²) in [6.07, 6.45) is 3.09. The van der Waals surface area contributed by atoms with Crippen LogP contribution in [0.25, 0.3) is 0 Å². The van der Waals surface area contributed by atoms with E-state index in [-0.39, 0.29) is 18.5 Å². The quantitative estimate of drug-likeness (QED) is 0.762. The molecule has 0 aromatic heterocycles. The molecule has 1 aliphatic carbocycles. The number of carbonyl (C=O) groups is 2. The molecule has 3 N–H and O–H groups in total. The van der Waals surface area contributed by atoms with E-state index in [1.807, 2.05) is 0 Å². The lowest BCUT2D eigenvalue weighted by molar-refractivity contribution is -0.136. The molecule has 0 aliphatic heterocycles. The minimum absolute atomic E-state index is 0.0973. The van der Waals surface area contributed by atoms with Gasteiger partial charge in [0.2, 0.25) is 0 Å². The Hall–Kier alpha value is -2.04. The molecule has 0 bridgehead atoms. The maximum Gasteiger partial charge on any atom is 0.319 e. The molecule has 0 spiro atoms. The molecule has 2 amide bonds. The van der Waals surface area contributed by atoms with Gasteiger partial charge in [-0.2, -0.15) is 0 Å². The van der Waals surface area contributed by atoms with Crippen molar-refractivity contribution in [1.29, 1.82) is 0 Å². The van der Waals surface area contributed by atoms with Gasteiger partial charge in [0.15, 0.2) is 0 Å². The zero-order chi connectivity index (χ0) is 13.0. The number of carbonyl (C=O) groups excluding carboxylic acids is 1. The molecule has 1 aliphatic rings. The molecule has 5 nitrogen and oxygen atoms in total. The fourth-order valence-corrected chi connectivity index (χ4v) is 1.86. The molecule has 1 saturated carbocycles. The molecule has 96 valence electrons. The lowest BCUT2D eigenvalue weighted by Crippen LogP contribution is -2.42. The highest BCUT2D eigenvalue weighted by Gasteiger charge is 2.19. The van der Waals surface area contributed by atoms with Crippen LogP contribution in [0.4, 0.5) is 10.5 Å². The smallest absolute Gasteiger partial charge is 0.319 e. The number of benzene rings is 1. The molecule has 2 rings (SSSR count). The van der Waals surface area contributed by atoms with E-state index in [9.17, 15) is 9.59 Å². The Balaban J connectivity index is 1.98. The summed E-state index contributed by atoms with van der Waals surface area (Å²) in [6, 6.07) is 6.93. The molecule has 1 fully saturated rings.